The maximum absolute atomic E-state index is 11.7. The number of aromatic nitrogens is 2. The van der Waals surface area contributed by atoms with E-state index in [2.05, 4.69) is 10.1 Å². The quantitative estimate of drug-likeness (QED) is 0.822. The number of hydrogen-bond acceptors (Lipinski definition) is 4. The maximum atomic E-state index is 11.7. The van der Waals surface area contributed by atoms with Crippen LogP contribution in [0.25, 0.3) is 0 Å². The van der Waals surface area contributed by atoms with Gasteiger partial charge in [0.2, 0.25) is 5.89 Å². The summed E-state index contributed by atoms with van der Waals surface area (Å²) in [6, 6.07) is 5.30. The molecule has 4 nitrogen and oxygen atoms in total. The van der Waals surface area contributed by atoms with Crippen LogP contribution < -0.4 is 0 Å². The molecule has 0 saturated carbocycles. The van der Waals surface area contributed by atoms with Crippen molar-refractivity contribution >= 4 is 29.0 Å². The van der Waals surface area contributed by atoms with E-state index in [4.69, 9.17) is 27.7 Å². The fourth-order valence-electron chi connectivity index (χ4n) is 2.25. The molecule has 6 heteroatoms. The highest BCUT2D eigenvalue weighted by Crippen LogP contribution is 2.28. The van der Waals surface area contributed by atoms with E-state index in [1.165, 1.54) is 6.92 Å². The van der Waals surface area contributed by atoms with Crippen molar-refractivity contribution in [2.75, 3.05) is 0 Å². The molecule has 0 aliphatic carbocycles. The molecule has 112 valence electrons. The number of rotatable bonds is 5. The number of carbonyl (C=O) groups excluding carboxylic acids is 1. The molecule has 0 radical (unpaired) electrons. The standard InChI is InChI=1S/C15H16Cl2N2O2/c1-8(2)14(9(3)20)15-18-13(19-21-15)7-10-11(16)5-4-6-12(10)17/h4-6,8,14H,7H2,1-3H3. The summed E-state index contributed by atoms with van der Waals surface area (Å²) in [4.78, 5) is 16.0. The van der Waals surface area contributed by atoms with Crippen LogP contribution in [0.3, 0.4) is 0 Å². The second kappa shape index (κ2) is 6.58. The van der Waals surface area contributed by atoms with Crippen molar-refractivity contribution in [2.45, 2.75) is 33.1 Å². The van der Waals surface area contributed by atoms with Crippen LogP contribution in [0.15, 0.2) is 22.7 Å². The van der Waals surface area contributed by atoms with Crippen molar-refractivity contribution < 1.29 is 9.32 Å². The van der Waals surface area contributed by atoms with Gasteiger partial charge >= 0.3 is 0 Å². The lowest BCUT2D eigenvalue weighted by molar-refractivity contribution is -0.119. The molecular formula is C15H16Cl2N2O2. The van der Waals surface area contributed by atoms with Crippen LogP contribution in [0, 0.1) is 5.92 Å². The van der Waals surface area contributed by atoms with Crippen LogP contribution in [-0.2, 0) is 11.2 Å². The molecule has 1 aromatic carbocycles. The zero-order valence-electron chi connectivity index (χ0n) is 12.1. The van der Waals surface area contributed by atoms with E-state index in [-0.39, 0.29) is 17.6 Å². The largest absolute Gasteiger partial charge is 0.339 e. The molecule has 0 spiro atoms. The Morgan fingerprint density at radius 1 is 1.29 bits per heavy atom. The van der Waals surface area contributed by atoms with Gasteiger partial charge < -0.3 is 4.52 Å². The van der Waals surface area contributed by atoms with Crippen molar-refractivity contribution in [1.29, 1.82) is 0 Å². The van der Waals surface area contributed by atoms with Crippen LogP contribution in [0.5, 0.6) is 0 Å². The molecule has 0 aliphatic rings. The van der Waals surface area contributed by atoms with E-state index < -0.39 is 0 Å². The van der Waals surface area contributed by atoms with E-state index in [1.54, 1.807) is 18.2 Å². The van der Waals surface area contributed by atoms with Crippen LogP contribution in [0.4, 0.5) is 0 Å². The monoisotopic (exact) mass is 326 g/mol. The summed E-state index contributed by atoms with van der Waals surface area (Å²) in [6.07, 6.45) is 0.366. The van der Waals surface area contributed by atoms with E-state index in [1.807, 2.05) is 13.8 Å². The van der Waals surface area contributed by atoms with Gasteiger partial charge in [-0.2, -0.15) is 4.98 Å². The molecule has 2 rings (SSSR count). The lowest BCUT2D eigenvalue weighted by atomic mass is 9.92. The predicted molar refractivity (Wildman–Crippen MR) is 81.8 cm³/mol. The maximum Gasteiger partial charge on any atom is 0.237 e. The summed E-state index contributed by atoms with van der Waals surface area (Å²) in [5, 5.41) is 5.04. The SMILES string of the molecule is CC(=O)C(c1nc(Cc2c(Cl)cccc2Cl)no1)C(C)C. The lowest BCUT2D eigenvalue weighted by Gasteiger charge is -2.12. The van der Waals surface area contributed by atoms with E-state index >= 15 is 0 Å². The molecule has 1 aromatic heterocycles. The van der Waals surface area contributed by atoms with Gasteiger partial charge in [-0.1, -0.05) is 48.3 Å². The average Bonchev–Trinajstić information content (AvgIpc) is 2.81. The van der Waals surface area contributed by atoms with Crippen molar-refractivity contribution in [1.82, 2.24) is 10.1 Å². The number of ketones is 1. The van der Waals surface area contributed by atoms with Crippen molar-refractivity contribution in [2.24, 2.45) is 5.92 Å². The molecule has 0 bridgehead atoms. The van der Waals surface area contributed by atoms with Gasteiger partial charge in [0.15, 0.2) is 5.82 Å². The Balaban J connectivity index is 2.26. The summed E-state index contributed by atoms with van der Waals surface area (Å²) >= 11 is 12.2. The summed E-state index contributed by atoms with van der Waals surface area (Å²) in [5.41, 5.74) is 0.747. The van der Waals surface area contributed by atoms with Gasteiger partial charge in [-0.15, -0.1) is 0 Å². The fraction of sp³-hybridized carbons (Fsp3) is 0.400. The second-order valence-corrected chi connectivity index (χ2v) is 6.07. The zero-order chi connectivity index (χ0) is 15.6. The molecular weight excluding hydrogens is 311 g/mol. The van der Waals surface area contributed by atoms with Crippen molar-refractivity contribution in [3.63, 3.8) is 0 Å². The molecule has 2 aromatic rings. The molecule has 0 saturated heterocycles. The van der Waals surface area contributed by atoms with Gasteiger partial charge in [-0.25, -0.2) is 0 Å². The Labute approximate surface area is 133 Å². The number of Topliss-reactive ketones (excluding diaryl/α,β-unsaturated/α-hetero) is 1. The minimum absolute atomic E-state index is 0.0102. The van der Waals surface area contributed by atoms with Gasteiger partial charge in [0.05, 0.1) is 5.92 Å². The lowest BCUT2D eigenvalue weighted by Crippen LogP contribution is -2.15. The molecule has 1 heterocycles. The Bertz CT molecular complexity index is 633. The van der Waals surface area contributed by atoms with Crippen molar-refractivity contribution in [3.05, 3.63) is 45.5 Å². The minimum Gasteiger partial charge on any atom is -0.339 e. The highest BCUT2D eigenvalue weighted by Gasteiger charge is 2.27. The van der Waals surface area contributed by atoms with E-state index in [0.717, 1.165) is 5.56 Å². The average molecular weight is 327 g/mol. The Morgan fingerprint density at radius 3 is 2.43 bits per heavy atom. The summed E-state index contributed by atoms with van der Waals surface area (Å²) in [6.45, 7) is 5.42. The molecule has 0 N–H and O–H groups in total. The van der Waals surface area contributed by atoms with Crippen LogP contribution >= 0.6 is 23.2 Å². The first-order valence-electron chi connectivity index (χ1n) is 6.66. The number of carbonyl (C=O) groups is 1. The first kappa shape index (κ1) is 16.0. The molecule has 0 aliphatic heterocycles. The predicted octanol–water partition coefficient (Wildman–Crippen LogP) is 4.30. The topological polar surface area (TPSA) is 56.0 Å². The van der Waals surface area contributed by atoms with Gasteiger partial charge in [-0.3, -0.25) is 4.79 Å². The fourth-order valence-corrected chi connectivity index (χ4v) is 2.78. The third-order valence-electron chi connectivity index (χ3n) is 3.25. The molecule has 0 amide bonds. The first-order valence-corrected chi connectivity index (χ1v) is 7.41. The van der Waals surface area contributed by atoms with E-state index in [9.17, 15) is 4.79 Å². The summed E-state index contributed by atoms with van der Waals surface area (Å²) < 4.78 is 5.23. The number of hydrogen-bond donors (Lipinski definition) is 0. The van der Waals surface area contributed by atoms with Gasteiger partial charge in [0, 0.05) is 16.5 Å². The third-order valence-corrected chi connectivity index (χ3v) is 3.96. The van der Waals surface area contributed by atoms with Gasteiger partial charge in [0.1, 0.15) is 5.78 Å². The smallest absolute Gasteiger partial charge is 0.237 e. The normalized spacial score (nSPS) is 12.7. The molecule has 21 heavy (non-hydrogen) atoms. The summed E-state index contributed by atoms with van der Waals surface area (Å²) in [5.74, 6) is 0.534. The highest BCUT2D eigenvalue weighted by atomic mass is 35.5. The number of halogens is 2. The van der Waals surface area contributed by atoms with Gasteiger partial charge in [0.25, 0.3) is 0 Å². The van der Waals surface area contributed by atoms with Crippen LogP contribution in [0.2, 0.25) is 10.0 Å². The number of nitrogens with zero attached hydrogens (tertiary/aromatic N) is 2. The van der Waals surface area contributed by atoms with Crippen LogP contribution in [0.1, 0.15) is 44.0 Å². The Kier molecular flexibility index (Phi) is 5.01. The Morgan fingerprint density at radius 2 is 1.90 bits per heavy atom. The highest BCUT2D eigenvalue weighted by molar-refractivity contribution is 6.36. The molecule has 1 atom stereocenters. The summed E-state index contributed by atoms with van der Waals surface area (Å²) in [7, 11) is 0. The Hall–Kier alpha value is -1.39. The van der Waals surface area contributed by atoms with E-state index in [0.29, 0.717) is 28.2 Å². The second-order valence-electron chi connectivity index (χ2n) is 5.26. The first-order chi connectivity index (χ1) is 9.90. The van der Waals surface area contributed by atoms with Gasteiger partial charge in [-0.05, 0) is 30.5 Å². The van der Waals surface area contributed by atoms with Crippen LogP contribution in [-0.4, -0.2) is 15.9 Å². The van der Waals surface area contributed by atoms with Crippen molar-refractivity contribution in [3.8, 4) is 0 Å². The third kappa shape index (κ3) is 3.63. The zero-order valence-corrected chi connectivity index (χ0v) is 13.6. The number of benzene rings is 1. The molecule has 1 unspecified atom stereocenters. The minimum atomic E-state index is -0.382. The molecule has 0 fully saturated rings.